The lowest BCUT2D eigenvalue weighted by Gasteiger charge is -1.93. The van der Waals surface area contributed by atoms with Crippen LogP contribution in [0, 0.1) is 0 Å². The summed E-state index contributed by atoms with van der Waals surface area (Å²) < 4.78 is 12.1. The Kier molecular flexibility index (Phi) is 3.73. The lowest BCUT2D eigenvalue weighted by molar-refractivity contribution is -0.109. The van der Waals surface area contributed by atoms with Crippen LogP contribution in [0.5, 0.6) is 0 Å². The zero-order valence-corrected chi connectivity index (χ0v) is 5.66. The molecule has 0 bridgehead atoms. The fourth-order valence-corrected chi connectivity index (χ4v) is 0.825. The number of nitrogens with one attached hydrogen (secondary N) is 1. The number of rotatable bonds is 1. The Bertz CT molecular complexity index is 101. The van der Waals surface area contributed by atoms with Gasteiger partial charge in [-0.2, -0.15) is 0 Å². The van der Waals surface area contributed by atoms with Crippen LogP contribution in [0.2, 0.25) is 0 Å². The number of hydrogen-bond donors (Lipinski definition) is 1. The number of carbonyl (C=O) groups excluding carboxylic acids is 1. The van der Waals surface area contributed by atoms with Crippen molar-refractivity contribution in [1.82, 2.24) is 5.32 Å². The zero-order chi connectivity index (χ0) is 5.98. The second kappa shape index (κ2) is 3.80. The van der Waals surface area contributed by atoms with Gasteiger partial charge in [0.2, 0.25) is 0 Å². The zero-order valence-electron chi connectivity index (χ0n) is 4.84. The molecule has 0 aromatic rings. The molecule has 1 saturated heterocycles. The third-order valence-electron chi connectivity index (χ3n) is 1.28. The molecule has 0 aliphatic carbocycles. The van der Waals surface area contributed by atoms with Crippen LogP contribution in [0.15, 0.2) is 0 Å². The first-order chi connectivity index (χ1) is 3.83. The topological polar surface area (TPSA) is 29.1 Å². The summed E-state index contributed by atoms with van der Waals surface area (Å²) in [4.78, 5) is 9.92. The Morgan fingerprint density at radius 3 is 2.56 bits per heavy atom. The first-order valence-electron chi connectivity index (χ1n) is 2.65. The lowest BCUT2D eigenvalue weighted by Crippen LogP contribution is -2.22. The van der Waals surface area contributed by atoms with Crippen LogP contribution in [0.4, 0.5) is 4.39 Å². The Hall–Kier alpha value is -0.150. The van der Waals surface area contributed by atoms with E-state index in [1.54, 1.807) is 0 Å². The molecule has 0 unspecified atom stereocenters. The molecule has 2 nitrogen and oxygen atoms in total. The van der Waals surface area contributed by atoms with E-state index < -0.39 is 6.17 Å². The number of carbonyl (C=O) groups is 1. The highest BCUT2D eigenvalue weighted by molar-refractivity contribution is 5.85. The van der Waals surface area contributed by atoms with E-state index >= 15 is 0 Å². The largest absolute Gasteiger partial charge is 0.305 e. The van der Waals surface area contributed by atoms with Gasteiger partial charge in [0.15, 0.2) is 0 Å². The van der Waals surface area contributed by atoms with Gasteiger partial charge in [-0.1, -0.05) is 0 Å². The average molecular weight is 154 g/mol. The van der Waals surface area contributed by atoms with E-state index in [0.717, 1.165) is 6.29 Å². The van der Waals surface area contributed by atoms with Crippen molar-refractivity contribution in [2.45, 2.75) is 18.6 Å². The molecule has 0 amide bonds. The molecular weight excluding hydrogens is 145 g/mol. The molecular formula is C5H9ClFNO. The van der Waals surface area contributed by atoms with E-state index in [9.17, 15) is 9.18 Å². The fourth-order valence-electron chi connectivity index (χ4n) is 0.825. The third kappa shape index (κ3) is 2.28. The summed E-state index contributed by atoms with van der Waals surface area (Å²) in [7, 11) is 0. The van der Waals surface area contributed by atoms with Crippen LogP contribution in [0.1, 0.15) is 6.42 Å². The summed E-state index contributed by atoms with van der Waals surface area (Å²) >= 11 is 0. The molecule has 54 valence electrons. The Morgan fingerprint density at radius 1 is 1.67 bits per heavy atom. The predicted octanol–water partition coefficient (Wildman–Crippen LogP) is 0.307. The van der Waals surface area contributed by atoms with Crippen LogP contribution in [0.3, 0.4) is 0 Å². The van der Waals surface area contributed by atoms with Gasteiger partial charge < -0.3 is 10.1 Å². The van der Waals surface area contributed by atoms with Crippen LogP contribution >= 0.6 is 12.4 Å². The Morgan fingerprint density at radius 2 is 2.33 bits per heavy atom. The van der Waals surface area contributed by atoms with Crippen molar-refractivity contribution in [3.05, 3.63) is 0 Å². The van der Waals surface area contributed by atoms with Gasteiger partial charge in [-0.3, -0.25) is 0 Å². The van der Waals surface area contributed by atoms with E-state index in [1.165, 1.54) is 0 Å². The second-order valence-electron chi connectivity index (χ2n) is 1.98. The van der Waals surface area contributed by atoms with E-state index in [2.05, 4.69) is 5.32 Å². The van der Waals surface area contributed by atoms with Gasteiger partial charge >= 0.3 is 0 Å². The maximum absolute atomic E-state index is 12.1. The molecule has 2 atom stereocenters. The molecule has 4 heteroatoms. The van der Waals surface area contributed by atoms with Crippen LogP contribution in [0.25, 0.3) is 0 Å². The minimum absolute atomic E-state index is 0. The minimum atomic E-state index is -0.815. The van der Waals surface area contributed by atoms with Gasteiger partial charge in [0.05, 0.1) is 6.04 Å². The van der Waals surface area contributed by atoms with Gasteiger partial charge in [-0.05, 0) is 0 Å². The second-order valence-corrected chi connectivity index (χ2v) is 1.98. The van der Waals surface area contributed by atoms with E-state index in [4.69, 9.17) is 0 Å². The normalized spacial score (nSPS) is 33.4. The molecule has 0 radical (unpaired) electrons. The van der Waals surface area contributed by atoms with E-state index in [-0.39, 0.29) is 18.4 Å². The number of aldehydes is 1. The van der Waals surface area contributed by atoms with Crippen molar-refractivity contribution < 1.29 is 9.18 Å². The highest BCUT2D eigenvalue weighted by Gasteiger charge is 2.21. The molecule has 9 heavy (non-hydrogen) atoms. The van der Waals surface area contributed by atoms with Gasteiger partial charge in [0, 0.05) is 13.0 Å². The molecule has 0 aromatic heterocycles. The van der Waals surface area contributed by atoms with Crippen LogP contribution in [-0.4, -0.2) is 25.0 Å². The molecule has 1 rings (SSSR count). The van der Waals surface area contributed by atoms with Crippen molar-refractivity contribution in [1.29, 1.82) is 0 Å². The first-order valence-corrected chi connectivity index (χ1v) is 2.65. The molecule has 1 aliphatic rings. The first kappa shape index (κ1) is 8.85. The number of halogens is 2. The van der Waals surface area contributed by atoms with Crippen LogP contribution < -0.4 is 5.32 Å². The summed E-state index contributed by atoms with van der Waals surface area (Å²) in [5, 5.41) is 2.71. The smallest absolute Gasteiger partial charge is 0.137 e. The average Bonchev–Trinajstić information content (AvgIpc) is 2.14. The fraction of sp³-hybridized carbons (Fsp3) is 0.800. The maximum atomic E-state index is 12.1. The molecule has 1 aliphatic heterocycles. The Balaban J connectivity index is 0.000000640. The van der Waals surface area contributed by atoms with Crippen molar-refractivity contribution >= 4 is 18.7 Å². The highest BCUT2D eigenvalue weighted by Crippen LogP contribution is 2.06. The summed E-state index contributed by atoms with van der Waals surface area (Å²) in [6.07, 6.45) is 0.286. The summed E-state index contributed by atoms with van der Waals surface area (Å²) in [5.74, 6) is 0. The molecule has 1 heterocycles. The van der Waals surface area contributed by atoms with Crippen LogP contribution in [-0.2, 0) is 4.79 Å². The predicted molar refractivity (Wildman–Crippen MR) is 34.6 cm³/mol. The summed E-state index contributed by atoms with van der Waals surface area (Å²) in [5.41, 5.74) is 0. The summed E-state index contributed by atoms with van der Waals surface area (Å²) in [6.45, 7) is 0.337. The molecule has 1 fully saturated rings. The van der Waals surface area contributed by atoms with Crippen molar-refractivity contribution in [3.8, 4) is 0 Å². The molecule has 0 spiro atoms. The van der Waals surface area contributed by atoms with Crippen molar-refractivity contribution in [3.63, 3.8) is 0 Å². The SMILES string of the molecule is Cl.O=C[C@@H]1C[C@@H](F)CN1. The number of alkyl halides is 1. The lowest BCUT2D eigenvalue weighted by atomic mass is 10.2. The summed E-state index contributed by atoms with van der Waals surface area (Å²) in [6, 6.07) is -0.231. The van der Waals surface area contributed by atoms with E-state index in [0.29, 0.717) is 13.0 Å². The third-order valence-corrected chi connectivity index (χ3v) is 1.28. The van der Waals surface area contributed by atoms with Gasteiger partial charge in [0.1, 0.15) is 12.5 Å². The van der Waals surface area contributed by atoms with E-state index in [1.807, 2.05) is 0 Å². The monoisotopic (exact) mass is 153 g/mol. The Labute approximate surface area is 59.2 Å². The highest BCUT2D eigenvalue weighted by atomic mass is 35.5. The van der Waals surface area contributed by atoms with Gasteiger partial charge in [-0.15, -0.1) is 12.4 Å². The molecule has 1 N–H and O–H groups in total. The standard InChI is InChI=1S/C5H8FNO.ClH/c6-4-1-5(3-8)7-2-4;/h3-5,7H,1-2H2;1H/t4-,5+;/m1./s1. The quantitative estimate of drug-likeness (QED) is 0.550. The van der Waals surface area contributed by atoms with Gasteiger partial charge in [-0.25, -0.2) is 4.39 Å². The molecule has 0 saturated carbocycles. The minimum Gasteiger partial charge on any atom is -0.305 e. The maximum Gasteiger partial charge on any atom is 0.137 e. The number of hydrogen-bond acceptors (Lipinski definition) is 2. The van der Waals surface area contributed by atoms with Crippen molar-refractivity contribution in [2.24, 2.45) is 0 Å². The van der Waals surface area contributed by atoms with Crippen molar-refractivity contribution in [2.75, 3.05) is 6.54 Å². The molecule has 0 aromatic carbocycles. The van der Waals surface area contributed by atoms with Gasteiger partial charge in [0.25, 0.3) is 0 Å².